The van der Waals surface area contributed by atoms with E-state index < -0.39 is 16.6 Å². The van der Waals surface area contributed by atoms with Gasteiger partial charge in [0.2, 0.25) is 11.8 Å². The minimum Gasteiger partial charge on any atom is -0.368 e. The van der Waals surface area contributed by atoms with Gasteiger partial charge in [0.15, 0.2) is 0 Å². The second-order valence-corrected chi connectivity index (χ2v) is 10.3. The molecule has 0 aliphatic carbocycles. The van der Waals surface area contributed by atoms with Crippen molar-refractivity contribution in [2.75, 3.05) is 17.2 Å². The number of carbonyl (C=O) groups excluding carboxylic acids is 2. The number of primary amides is 1. The van der Waals surface area contributed by atoms with Crippen LogP contribution in [-0.4, -0.2) is 33.9 Å². The Balaban J connectivity index is 2.11. The topological polar surface area (TPSA) is 81.2 Å². The monoisotopic (exact) mass is 466 g/mol. The van der Waals surface area contributed by atoms with Crippen molar-refractivity contribution >= 4 is 29.4 Å². The molecule has 0 saturated heterocycles. The molecule has 2 aromatic carbocycles. The van der Waals surface area contributed by atoms with Gasteiger partial charge < -0.3 is 5.73 Å². The number of amides is 2. The van der Waals surface area contributed by atoms with Gasteiger partial charge in [0, 0.05) is 16.5 Å². The quantitative estimate of drug-likeness (QED) is 0.623. The van der Waals surface area contributed by atoms with Crippen LogP contribution in [0.5, 0.6) is 0 Å². The fraction of sp³-hybridized carbons (Fsp3) is 0.320. The molecule has 33 heavy (non-hydrogen) atoms. The molecule has 1 atom stereocenters. The van der Waals surface area contributed by atoms with E-state index in [9.17, 15) is 9.59 Å². The van der Waals surface area contributed by atoms with Crippen molar-refractivity contribution in [3.8, 4) is 5.69 Å². The standard InChI is InChI=1S/C25H27FN4O2S/c1-15-9-5-8-12-18(15)30-24-21(23(28-30)25(2,3)4)22(16-10-6-7-11-17(16)26)33-14-20(32)29(24)13-19(27)31/h5-12,22H,13-14H2,1-4H3,(H2,27,31). The Morgan fingerprint density at radius 2 is 1.85 bits per heavy atom. The van der Waals surface area contributed by atoms with Gasteiger partial charge in [-0.1, -0.05) is 57.2 Å². The van der Waals surface area contributed by atoms with E-state index in [-0.39, 0.29) is 24.0 Å². The number of para-hydroxylation sites is 1. The van der Waals surface area contributed by atoms with E-state index in [4.69, 9.17) is 10.8 Å². The molecule has 8 heteroatoms. The molecule has 0 fully saturated rings. The summed E-state index contributed by atoms with van der Waals surface area (Å²) in [6, 6.07) is 14.3. The predicted molar refractivity (Wildman–Crippen MR) is 129 cm³/mol. The van der Waals surface area contributed by atoms with Gasteiger partial charge in [-0.3, -0.25) is 14.5 Å². The fourth-order valence-corrected chi connectivity index (χ4v) is 5.35. The van der Waals surface area contributed by atoms with Gasteiger partial charge in [-0.15, -0.1) is 11.8 Å². The first-order valence-corrected chi connectivity index (χ1v) is 11.8. The number of anilines is 1. The molecule has 1 aliphatic rings. The third kappa shape index (κ3) is 4.27. The molecule has 0 spiro atoms. The lowest BCUT2D eigenvalue weighted by Crippen LogP contribution is -2.40. The summed E-state index contributed by atoms with van der Waals surface area (Å²) < 4.78 is 16.7. The molecule has 0 bridgehead atoms. The maximum atomic E-state index is 15.0. The molecule has 1 aromatic heterocycles. The minimum absolute atomic E-state index is 0.0817. The van der Waals surface area contributed by atoms with E-state index in [1.54, 1.807) is 22.9 Å². The first-order chi connectivity index (χ1) is 15.6. The zero-order chi connectivity index (χ0) is 23.9. The normalized spacial score (nSPS) is 16.5. The average molecular weight is 467 g/mol. The van der Waals surface area contributed by atoms with Crippen molar-refractivity contribution in [3.63, 3.8) is 0 Å². The molecule has 0 radical (unpaired) electrons. The summed E-state index contributed by atoms with van der Waals surface area (Å²) in [6.07, 6.45) is 0. The van der Waals surface area contributed by atoms with Crippen molar-refractivity contribution in [2.45, 2.75) is 38.4 Å². The van der Waals surface area contributed by atoms with Crippen molar-refractivity contribution in [2.24, 2.45) is 5.73 Å². The van der Waals surface area contributed by atoms with E-state index in [0.717, 1.165) is 22.5 Å². The van der Waals surface area contributed by atoms with Crippen LogP contribution in [0.3, 0.4) is 0 Å². The summed E-state index contributed by atoms with van der Waals surface area (Å²) in [5.74, 6) is -0.692. The van der Waals surface area contributed by atoms with Crippen molar-refractivity contribution in [3.05, 3.63) is 76.7 Å². The number of rotatable bonds is 4. The summed E-state index contributed by atoms with van der Waals surface area (Å²) in [4.78, 5) is 26.7. The number of aromatic nitrogens is 2. The molecule has 2 heterocycles. The van der Waals surface area contributed by atoms with Crippen LogP contribution in [0.2, 0.25) is 0 Å². The Bertz CT molecular complexity index is 1230. The molecular weight excluding hydrogens is 439 g/mol. The molecule has 172 valence electrons. The number of fused-ring (bicyclic) bond motifs is 1. The number of nitrogens with zero attached hydrogens (tertiary/aromatic N) is 3. The number of benzene rings is 2. The van der Waals surface area contributed by atoms with E-state index in [1.165, 1.54) is 22.7 Å². The number of hydrogen-bond donors (Lipinski definition) is 1. The summed E-state index contributed by atoms with van der Waals surface area (Å²) >= 11 is 1.34. The first-order valence-electron chi connectivity index (χ1n) is 10.7. The van der Waals surface area contributed by atoms with Gasteiger partial charge in [-0.2, -0.15) is 5.10 Å². The highest BCUT2D eigenvalue weighted by atomic mass is 32.2. The lowest BCUT2D eigenvalue weighted by atomic mass is 9.87. The second-order valence-electron chi connectivity index (χ2n) is 9.19. The molecule has 1 aliphatic heterocycles. The fourth-order valence-electron chi connectivity index (χ4n) is 4.13. The Morgan fingerprint density at radius 3 is 2.48 bits per heavy atom. The smallest absolute Gasteiger partial charge is 0.238 e. The molecule has 4 rings (SSSR count). The SMILES string of the molecule is Cc1ccccc1-n1nc(C(C)(C)C)c2c1N(CC(N)=O)C(=O)CSC2c1ccccc1F. The van der Waals surface area contributed by atoms with Gasteiger partial charge >= 0.3 is 0 Å². The van der Waals surface area contributed by atoms with Crippen LogP contribution < -0.4 is 10.6 Å². The van der Waals surface area contributed by atoms with Crippen molar-refractivity contribution in [1.82, 2.24) is 9.78 Å². The second kappa shape index (κ2) is 8.67. The van der Waals surface area contributed by atoms with Gasteiger partial charge in [-0.25, -0.2) is 9.07 Å². The highest BCUT2D eigenvalue weighted by Crippen LogP contribution is 2.49. The third-order valence-electron chi connectivity index (χ3n) is 5.64. The molecule has 1 unspecified atom stereocenters. The van der Waals surface area contributed by atoms with Crippen LogP contribution in [0.4, 0.5) is 10.2 Å². The largest absolute Gasteiger partial charge is 0.368 e. The van der Waals surface area contributed by atoms with Crippen molar-refractivity contribution in [1.29, 1.82) is 0 Å². The van der Waals surface area contributed by atoms with Gasteiger partial charge in [-0.05, 0) is 24.6 Å². The summed E-state index contributed by atoms with van der Waals surface area (Å²) in [7, 11) is 0. The van der Waals surface area contributed by atoms with Crippen molar-refractivity contribution < 1.29 is 14.0 Å². The Labute approximate surface area is 197 Å². The summed E-state index contributed by atoms with van der Waals surface area (Å²) in [6.45, 7) is 7.78. The number of thioether (sulfide) groups is 1. The summed E-state index contributed by atoms with van der Waals surface area (Å²) in [5, 5.41) is 4.49. The number of halogens is 1. The number of nitrogens with two attached hydrogens (primary N) is 1. The predicted octanol–water partition coefficient (Wildman–Crippen LogP) is 4.27. The van der Waals surface area contributed by atoms with Crippen LogP contribution in [-0.2, 0) is 15.0 Å². The Hall–Kier alpha value is -3.13. The van der Waals surface area contributed by atoms with E-state index in [2.05, 4.69) is 0 Å². The lowest BCUT2D eigenvalue weighted by molar-refractivity contribution is -0.121. The lowest BCUT2D eigenvalue weighted by Gasteiger charge is -2.24. The minimum atomic E-state index is -0.626. The Morgan fingerprint density at radius 1 is 1.18 bits per heavy atom. The molecular formula is C25H27FN4O2S. The van der Waals surface area contributed by atoms with Crippen LogP contribution in [0.15, 0.2) is 48.5 Å². The number of hydrogen-bond acceptors (Lipinski definition) is 4. The Kier molecular flexibility index (Phi) is 6.05. The summed E-state index contributed by atoms with van der Waals surface area (Å²) in [5.41, 5.74) is 8.82. The molecule has 3 aromatic rings. The first kappa shape index (κ1) is 23.0. The number of aryl methyl sites for hydroxylation is 1. The zero-order valence-corrected chi connectivity index (χ0v) is 19.9. The van der Waals surface area contributed by atoms with Crippen LogP contribution in [0.25, 0.3) is 5.69 Å². The maximum Gasteiger partial charge on any atom is 0.238 e. The molecule has 2 N–H and O–H groups in total. The van der Waals surface area contributed by atoms with E-state index >= 15 is 4.39 Å². The maximum absolute atomic E-state index is 15.0. The highest BCUT2D eigenvalue weighted by Gasteiger charge is 2.40. The van der Waals surface area contributed by atoms with E-state index in [0.29, 0.717) is 11.4 Å². The van der Waals surface area contributed by atoms with Crippen LogP contribution in [0.1, 0.15) is 48.4 Å². The van der Waals surface area contributed by atoms with Gasteiger partial charge in [0.1, 0.15) is 18.2 Å². The third-order valence-corrected chi connectivity index (χ3v) is 6.88. The molecule has 2 amide bonds. The van der Waals surface area contributed by atoms with Gasteiger partial charge in [0.25, 0.3) is 0 Å². The highest BCUT2D eigenvalue weighted by molar-refractivity contribution is 8.00. The van der Waals surface area contributed by atoms with Crippen LogP contribution in [0, 0.1) is 12.7 Å². The van der Waals surface area contributed by atoms with Gasteiger partial charge in [0.05, 0.1) is 22.4 Å². The number of carbonyl (C=O) groups is 2. The molecule has 6 nitrogen and oxygen atoms in total. The molecule has 0 saturated carbocycles. The average Bonchev–Trinajstić information content (AvgIpc) is 3.08. The van der Waals surface area contributed by atoms with Crippen LogP contribution >= 0.6 is 11.8 Å². The zero-order valence-electron chi connectivity index (χ0n) is 19.1. The van der Waals surface area contributed by atoms with E-state index in [1.807, 2.05) is 52.0 Å².